The lowest BCUT2D eigenvalue weighted by atomic mass is 10.1. The molecule has 1 rings (SSSR count). The number of hydrogen-bond donors (Lipinski definition) is 2. The van der Waals surface area contributed by atoms with E-state index < -0.39 is 21.1 Å². The van der Waals surface area contributed by atoms with Crippen LogP contribution in [0.5, 0.6) is 0 Å². The molecule has 0 saturated carbocycles. The molecule has 0 aromatic carbocycles. The Bertz CT molecular complexity index is 358. The van der Waals surface area contributed by atoms with Crippen molar-refractivity contribution >= 4 is 10.0 Å². The molecule has 0 radical (unpaired) electrons. The van der Waals surface area contributed by atoms with Crippen molar-refractivity contribution in [2.45, 2.75) is 18.6 Å². The predicted octanol–water partition coefficient (Wildman–Crippen LogP) is 0.867. The molecule has 2 N–H and O–H groups in total. The maximum Gasteiger partial charge on any atom is 0.240 e. The van der Waals surface area contributed by atoms with Crippen LogP contribution in [0.1, 0.15) is 13.3 Å². The first-order valence-electron chi connectivity index (χ1n) is 3.65. The molecule has 0 heterocycles. The Balaban J connectivity index is 2.98. The smallest absolute Gasteiger partial charge is 0.240 e. The first-order valence-corrected chi connectivity index (χ1v) is 5.19. The third kappa shape index (κ3) is 2.15. The second-order valence-electron chi connectivity index (χ2n) is 2.85. The zero-order valence-electron chi connectivity index (χ0n) is 6.99. The Morgan fingerprint density at radius 2 is 2.23 bits per heavy atom. The molecule has 0 aromatic rings. The average molecular weight is 207 g/mol. The normalized spacial score (nSPS) is 23.8. The fourth-order valence-electron chi connectivity index (χ4n) is 1.15. The zero-order valence-corrected chi connectivity index (χ0v) is 7.81. The van der Waals surface area contributed by atoms with Gasteiger partial charge in [0.2, 0.25) is 10.0 Å². The summed E-state index contributed by atoms with van der Waals surface area (Å²) in [6.07, 6.45) is 2.38. The van der Waals surface area contributed by atoms with Crippen LogP contribution in [0.4, 0.5) is 4.39 Å². The fraction of sp³-hybridized carbons (Fsp3) is 0.429. The van der Waals surface area contributed by atoms with Gasteiger partial charge < -0.3 is 5.21 Å². The van der Waals surface area contributed by atoms with Crippen molar-refractivity contribution in [1.29, 1.82) is 0 Å². The van der Waals surface area contributed by atoms with Crippen LogP contribution in [0.25, 0.3) is 0 Å². The summed E-state index contributed by atoms with van der Waals surface area (Å²) in [4.78, 5) is 1.20. The summed E-state index contributed by atoms with van der Waals surface area (Å²) in [6, 6.07) is 0. The lowest BCUT2D eigenvalue weighted by Gasteiger charge is -2.18. The van der Waals surface area contributed by atoms with Gasteiger partial charge in [0, 0.05) is 6.42 Å². The summed E-state index contributed by atoms with van der Waals surface area (Å²) in [7, 11) is -3.85. The Morgan fingerprint density at radius 1 is 1.62 bits per heavy atom. The highest BCUT2D eigenvalue weighted by Crippen LogP contribution is 2.24. The number of rotatable bonds is 2. The summed E-state index contributed by atoms with van der Waals surface area (Å²) < 4.78 is 34.9. The SMILES string of the molecule is CC1=CC=C(F)CC1S(=O)(=O)NO. The molecule has 13 heavy (non-hydrogen) atoms. The molecule has 0 fully saturated rings. The molecule has 0 amide bonds. The molecule has 74 valence electrons. The molecule has 1 aliphatic carbocycles. The number of sulfonamides is 1. The largest absolute Gasteiger partial charge is 0.302 e. The second kappa shape index (κ2) is 3.57. The van der Waals surface area contributed by atoms with Crippen molar-refractivity contribution in [3.8, 4) is 0 Å². The predicted molar refractivity (Wildman–Crippen MR) is 45.2 cm³/mol. The van der Waals surface area contributed by atoms with Crippen LogP contribution in [0, 0.1) is 0 Å². The van der Waals surface area contributed by atoms with Gasteiger partial charge in [-0.3, -0.25) is 0 Å². The Labute approximate surface area is 75.8 Å². The van der Waals surface area contributed by atoms with Crippen LogP contribution in [0.15, 0.2) is 23.6 Å². The third-order valence-electron chi connectivity index (χ3n) is 1.92. The molecule has 0 bridgehead atoms. The molecule has 4 nitrogen and oxygen atoms in total. The molecule has 1 unspecified atom stereocenters. The van der Waals surface area contributed by atoms with Gasteiger partial charge in [-0.1, -0.05) is 16.5 Å². The van der Waals surface area contributed by atoms with Gasteiger partial charge in [-0.25, -0.2) is 12.8 Å². The molecule has 0 spiro atoms. The minimum absolute atomic E-state index is 0.224. The maximum absolute atomic E-state index is 12.7. The van der Waals surface area contributed by atoms with Crippen molar-refractivity contribution in [3.63, 3.8) is 0 Å². The summed E-state index contributed by atoms with van der Waals surface area (Å²) in [5.41, 5.74) is 0.503. The van der Waals surface area contributed by atoms with Crippen LogP contribution in [-0.2, 0) is 10.0 Å². The topological polar surface area (TPSA) is 66.4 Å². The Hall–Kier alpha value is -0.720. The van der Waals surface area contributed by atoms with Gasteiger partial charge in [0.1, 0.15) is 11.1 Å². The highest BCUT2D eigenvalue weighted by molar-refractivity contribution is 7.90. The Morgan fingerprint density at radius 3 is 2.77 bits per heavy atom. The standard InChI is InChI=1S/C7H10FNO3S/c1-5-2-3-6(8)4-7(5)13(11,12)9-10/h2-3,7,9-10H,4H2,1H3. The first kappa shape index (κ1) is 10.4. The monoisotopic (exact) mass is 207 g/mol. The quantitative estimate of drug-likeness (QED) is 0.660. The van der Waals surface area contributed by atoms with E-state index in [9.17, 15) is 12.8 Å². The maximum atomic E-state index is 12.7. The minimum atomic E-state index is -3.85. The number of allylic oxidation sites excluding steroid dienone is 3. The van der Waals surface area contributed by atoms with E-state index in [-0.39, 0.29) is 6.42 Å². The van der Waals surface area contributed by atoms with Gasteiger partial charge in [0.15, 0.2) is 0 Å². The number of hydrogen-bond acceptors (Lipinski definition) is 3. The summed E-state index contributed by atoms with van der Waals surface area (Å²) in [6.45, 7) is 1.57. The van der Waals surface area contributed by atoms with E-state index in [0.717, 1.165) is 0 Å². The van der Waals surface area contributed by atoms with Crippen LogP contribution < -0.4 is 4.89 Å². The number of halogens is 1. The van der Waals surface area contributed by atoms with Crippen LogP contribution in [0.3, 0.4) is 0 Å². The van der Waals surface area contributed by atoms with Crippen LogP contribution >= 0.6 is 0 Å². The van der Waals surface area contributed by atoms with E-state index in [1.54, 1.807) is 6.92 Å². The lowest BCUT2D eigenvalue weighted by Crippen LogP contribution is -2.33. The molecular formula is C7H10FNO3S. The van der Waals surface area contributed by atoms with Gasteiger partial charge >= 0.3 is 0 Å². The zero-order chi connectivity index (χ0) is 10.1. The van der Waals surface area contributed by atoms with Gasteiger partial charge in [-0.2, -0.15) is 0 Å². The van der Waals surface area contributed by atoms with Crippen molar-refractivity contribution in [2.24, 2.45) is 0 Å². The van der Waals surface area contributed by atoms with E-state index in [1.165, 1.54) is 17.0 Å². The highest BCUT2D eigenvalue weighted by Gasteiger charge is 2.29. The first-order chi connectivity index (χ1) is 5.97. The van der Waals surface area contributed by atoms with Crippen molar-refractivity contribution in [1.82, 2.24) is 4.89 Å². The van der Waals surface area contributed by atoms with Crippen molar-refractivity contribution in [3.05, 3.63) is 23.6 Å². The Kier molecular flexibility index (Phi) is 2.84. The van der Waals surface area contributed by atoms with Gasteiger partial charge in [-0.05, 0) is 13.0 Å². The van der Waals surface area contributed by atoms with E-state index >= 15 is 0 Å². The molecule has 1 atom stereocenters. The summed E-state index contributed by atoms with van der Waals surface area (Å²) >= 11 is 0. The van der Waals surface area contributed by atoms with Gasteiger partial charge in [-0.15, -0.1) is 0 Å². The number of nitrogens with one attached hydrogen (secondary N) is 1. The van der Waals surface area contributed by atoms with E-state index in [4.69, 9.17) is 5.21 Å². The van der Waals surface area contributed by atoms with Crippen molar-refractivity contribution in [2.75, 3.05) is 0 Å². The molecular weight excluding hydrogens is 197 g/mol. The van der Waals surface area contributed by atoms with Crippen LogP contribution in [-0.4, -0.2) is 18.9 Å². The molecule has 6 heteroatoms. The van der Waals surface area contributed by atoms with Crippen molar-refractivity contribution < 1.29 is 18.0 Å². The average Bonchev–Trinajstić information content (AvgIpc) is 2.09. The third-order valence-corrected chi connectivity index (χ3v) is 3.46. The molecule has 0 aliphatic heterocycles. The lowest BCUT2D eigenvalue weighted by molar-refractivity contribution is 0.241. The van der Waals surface area contributed by atoms with E-state index in [2.05, 4.69) is 0 Å². The molecule has 1 aliphatic rings. The van der Waals surface area contributed by atoms with E-state index in [0.29, 0.717) is 5.57 Å². The summed E-state index contributed by atoms with van der Waals surface area (Å²) in [5, 5.41) is 7.33. The fourth-order valence-corrected chi connectivity index (χ4v) is 2.23. The van der Waals surface area contributed by atoms with Gasteiger partial charge in [0.05, 0.1) is 0 Å². The summed E-state index contributed by atoms with van der Waals surface area (Å²) in [5.74, 6) is -0.505. The van der Waals surface area contributed by atoms with Crippen LogP contribution in [0.2, 0.25) is 0 Å². The molecule has 0 saturated heterocycles. The molecule has 0 aromatic heterocycles. The second-order valence-corrected chi connectivity index (χ2v) is 4.69. The highest BCUT2D eigenvalue weighted by atomic mass is 32.2. The minimum Gasteiger partial charge on any atom is -0.302 e. The van der Waals surface area contributed by atoms with E-state index in [1.807, 2.05) is 0 Å². The van der Waals surface area contributed by atoms with Gasteiger partial charge in [0.25, 0.3) is 0 Å².